The Kier molecular flexibility index (Phi) is 46.3. The van der Waals surface area contributed by atoms with Crippen LogP contribution in [0.5, 0.6) is 0 Å². The van der Waals surface area contributed by atoms with Crippen LogP contribution in [0.3, 0.4) is 0 Å². The molecule has 24 rings (SSSR count). The van der Waals surface area contributed by atoms with Gasteiger partial charge in [0.15, 0.2) is 0 Å². The van der Waals surface area contributed by atoms with Crippen molar-refractivity contribution in [1.82, 2.24) is 0 Å². The molecular formula is C141H266. The number of hydrogen-bond acceptors (Lipinski definition) is 0. The number of hydrogen-bond donors (Lipinski definition) is 0. The molecule has 24 aliphatic carbocycles. The van der Waals surface area contributed by atoms with E-state index in [9.17, 15) is 0 Å². The van der Waals surface area contributed by atoms with Gasteiger partial charge >= 0.3 is 0 Å². The van der Waals surface area contributed by atoms with Gasteiger partial charge in [0.2, 0.25) is 0 Å². The van der Waals surface area contributed by atoms with Crippen LogP contribution >= 0.6 is 0 Å². The van der Waals surface area contributed by atoms with Crippen LogP contribution in [0.4, 0.5) is 0 Å². The molecule has 141 heavy (non-hydrogen) atoms. The maximum atomic E-state index is 4.25. The van der Waals surface area contributed by atoms with Gasteiger partial charge in [0, 0.05) is 43.3 Å². The molecule has 0 bridgehead atoms. The highest BCUT2D eigenvalue weighted by Crippen LogP contribution is 3.40. The Morgan fingerprint density at radius 3 is 0.298 bits per heavy atom. The van der Waals surface area contributed by atoms with Crippen molar-refractivity contribution < 1.29 is 0 Å². The average molecular weight is 1960 g/mol. The first-order valence-electron chi connectivity index (χ1n) is 62.1. The number of rotatable bonds is 39. The van der Waals surface area contributed by atoms with E-state index in [-0.39, 0.29) is 73.0 Å². The molecule has 0 nitrogen and oxygen atoms in total. The zero-order chi connectivity index (χ0) is 108. The van der Waals surface area contributed by atoms with Gasteiger partial charge in [-0.15, -0.1) is 65.8 Å². The summed E-state index contributed by atoms with van der Waals surface area (Å²) in [5.74, 6) is 0. The van der Waals surface area contributed by atoms with Crippen LogP contribution in [0, 0.1) is 173 Å². The summed E-state index contributed by atoms with van der Waals surface area (Å²) in [6, 6.07) is 0. The lowest BCUT2D eigenvalue weighted by molar-refractivity contribution is -0.888. The molecule has 4 unspecified atom stereocenters. The fourth-order valence-corrected chi connectivity index (χ4v) is 57.8. The zero-order valence-corrected chi connectivity index (χ0v) is 104. The summed E-state index contributed by atoms with van der Waals surface area (Å²) in [6.07, 6.45) is 70.8. The fourth-order valence-electron chi connectivity index (χ4n) is 57.8. The third kappa shape index (κ3) is 8.95. The molecule has 830 valence electrons. The van der Waals surface area contributed by atoms with Crippen LogP contribution in [0.15, 0.2) is 127 Å². The molecule has 4 atom stereocenters. The zero-order valence-electron chi connectivity index (χ0n) is 104. The van der Waals surface area contributed by atoms with Gasteiger partial charge < -0.3 is 0 Å². The van der Waals surface area contributed by atoms with Gasteiger partial charge in [0.1, 0.15) is 0 Å². The monoisotopic (exact) mass is 1960 g/mol. The minimum absolute atomic E-state index is 0. The summed E-state index contributed by atoms with van der Waals surface area (Å²) >= 11 is 0. The number of allylic oxidation sites excluding steroid dienone is 10. The van der Waals surface area contributed by atoms with Crippen molar-refractivity contribution in [2.45, 2.75) is 601 Å². The van der Waals surface area contributed by atoms with Crippen molar-refractivity contribution >= 4 is 0 Å². The van der Waals surface area contributed by atoms with E-state index < -0.39 is 0 Å². The maximum Gasteiger partial charge on any atom is 0.0206 e. The SMILES string of the molecule is C.C.C.C.C=CC.C=CC.C=CC12C3(C=C)C4(C=C)C1(C=C)C1(C=C)C2(C=C)C3(C=C)C41C=C.CC.CC.CC.CC.CC.CC.CC.CC.CCCC.CCCC.CCCC.CCCC.CCCC12C3(C)C4(CC)C5(CC)C3(CC)C1(CC)C5(CC)C42CC.CCCC12C3(CC)C4(CC)C5(CC)C3(CC)C1(CC)C5(CC)C42CC.CCCC12C3(CC)C4(CC)C5(CC)C3(CC)C1(CC)C5(CCC)C42CC. The Morgan fingerprint density at radius 1 is 0.135 bits per heavy atom. The predicted octanol–water partition coefficient (Wildman–Crippen LogP) is 48.6. The van der Waals surface area contributed by atoms with E-state index in [1.165, 1.54) is 225 Å². The van der Waals surface area contributed by atoms with Crippen molar-refractivity contribution in [3.05, 3.63) is 127 Å². The molecular weight excluding hydrogens is 1690 g/mol. The summed E-state index contributed by atoms with van der Waals surface area (Å²) in [7, 11) is 0. The molecule has 0 N–H and O–H groups in total. The topological polar surface area (TPSA) is 0 Å². The first-order valence-corrected chi connectivity index (χ1v) is 62.1. The van der Waals surface area contributed by atoms with Crippen LogP contribution < -0.4 is 0 Å². The third-order valence-electron chi connectivity index (χ3n) is 51.1. The van der Waals surface area contributed by atoms with Gasteiger partial charge in [-0.25, -0.2) is 0 Å². The molecule has 24 saturated carbocycles. The average Bonchev–Trinajstić information content (AvgIpc) is 0.419. The van der Waals surface area contributed by atoms with Crippen molar-refractivity contribution in [3.63, 3.8) is 0 Å². The van der Waals surface area contributed by atoms with Crippen LogP contribution in [-0.2, 0) is 0 Å². The van der Waals surface area contributed by atoms with Gasteiger partial charge in [-0.05, 0) is 291 Å². The van der Waals surface area contributed by atoms with Gasteiger partial charge in [0.25, 0.3) is 0 Å². The molecule has 0 heteroatoms. The van der Waals surface area contributed by atoms with E-state index in [1.807, 2.05) is 125 Å². The van der Waals surface area contributed by atoms with E-state index in [1.54, 1.807) is 12.2 Å². The lowest BCUT2D eigenvalue weighted by Gasteiger charge is -3.34. The Bertz CT molecular complexity index is 3510. The molecule has 0 heterocycles. The molecule has 0 aromatic heterocycles. The van der Waals surface area contributed by atoms with Gasteiger partial charge in [0.05, 0.1) is 0 Å². The Morgan fingerprint density at radius 2 is 0.213 bits per heavy atom. The van der Waals surface area contributed by atoms with Crippen LogP contribution in [0.1, 0.15) is 601 Å². The van der Waals surface area contributed by atoms with Crippen molar-refractivity contribution in [3.8, 4) is 0 Å². The van der Waals surface area contributed by atoms with E-state index >= 15 is 0 Å². The highest BCUT2D eigenvalue weighted by molar-refractivity contribution is 5.91. The fraction of sp³-hybridized carbons (Fsp3) is 0.858. The van der Waals surface area contributed by atoms with Crippen molar-refractivity contribution in [2.24, 2.45) is 173 Å². The van der Waals surface area contributed by atoms with Crippen molar-refractivity contribution in [2.75, 3.05) is 0 Å². The summed E-state index contributed by atoms with van der Waals surface area (Å²) in [5.41, 5.74) is 15.9. The summed E-state index contributed by atoms with van der Waals surface area (Å²) in [5, 5.41) is 0. The predicted molar refractivity (Wildman–Crippen MR) is 652 cm³/mol. The van der Waals surface area contributed by atoms with E-state index in [4.69, 9.17) is 0 Å². The lowest BCUT2D eigenvalue weighted by Crippen LogP contribution is -3.31. The highest BCUT2D eigenvalue weighted by atomic mass is 15.4. The van der Waals surface area contributed by atoms with Crippen LogP contribution in [-0.4, -0.2) is 0 Å². The molecule has 0 amide bonds. The van der Waals surface area contributed by atoms with Crippen LogP contribution in [0.2, 0.25) is 0 Å². The first-order chi connectivity index (χ1) is 65.9. The Balaban J connectivity index is 0. The molecule has 0 aliphatic heterocycles. The molecule has 24 aliphatic rings. The van der Waals surface area contributed by atoms with Gasteiger partial charge in [-0.1, -0.05) is 500 Å². The molecule has 0 spiro atoms. The lowest BCUT2D eigenvalue weighted by atomic mass is 8.68. The van der Waals surface area contributed by atoms with E-state index in [0.29, 0.717) is 114 Å². The van der Waals surface area contributed by atoms with E-state index in [2.05, 4.69) is 336 Å². The second kappa shape index (κ2) is 46.5. The Hall–Kier alpha value is -2.60. The normalized spacial score (nSPS) is 48.3. The standard InChI is InChI=1S/C26H44.C25H42.C24H40.C24H24.4C4H10.2C3H6.8C2H6.4CH4/c1-9-17-25-21(13-5)19(11-3)22(14-6)20(21,12-4)24(25,16-8)26(22,18-10-2)23(19,25)15-7;1-9-17-25-22(14-6)19(11-3)18(10-2)20(22,12-4)24(25,16-8)21(18,13-5)23(19,25)15-7;1-9-16-24-17(8)18(10-2)20(12-4)19(17,11-3)22(24,14-6)23(20,15-7)21(18,24)13-5;1-9-17-18(10-2)21(13-5)19(17,11-3)23(15-7)20(17,12-4)22(18,14-6)24(21,23)16-8;4*1-3-4-2;2*1-3-2;8*1-2;;;;/h9-18H2,1-8H3;9-17H2,1-8H3;9-16H2,1-8H3;9-16H,1-8H2;4*3-4H2,1-2H3;2*3H,1H2,2H3;8*1-2H3;4*1H4. The second-order valence-electron chi connectivity index (χ2n) is 44.6. The van der Waals surface area contributed by atoms with E-state index in [0.717, 1.165) is 16.2 Å². The van der Waals surface area contributed by atoms with Gasteiger partial charge in [-0.3, -0.25) is 0 Å². The van der Waals surface area contributed by atoms with Gasteiger partial charge in [-0.2, -0.15) is 0 Å². The summed E-state index contributed by atoms with van der Waals surface area (Å²) in [4.78, 5) is 0. The largest absolute Gasteiger partial charge is 0.103 e. The highest BCUT2D eigenvalue weighted by Gasteiger charge is 3.37. The molecule has 0 aromatic rings. The smallest absolute Gasteiger partial charge is 0.0206 e. The van der Waals surface area contributed by atoms with Crippen molar-refractivity contribution in [1.29, 1.82) is 0 Å². The third-order valence-corrected chi connectivity index (χ3v) is 51.1. The quantitative estimate of drug-likeness (QED) is 0.0538. The summed E-state index contributed by atoms with van der Waals surface area (Å²) < 4.78 is 0. The number of unbranched alkanes of at least 4 members (excludes halogenated alkanes) is 4. The summed E-state index contributed by atoms with van der Waals surface area (Å²) in [6.45, 7) is 156. The minimum Gasteiger partial charge on any atom is -0.103 e. The molecule has 24 fully saturated rings. The van der Waals surface area contributed by atoms with Crippen LogP contribution in [0.25, 0.3) is 0 Å². The maximum absolute atomic E-state index is 4.25. The first kappa shape index (κ1) is 140. The second-order valence-corrected chi connectivity index (χ2v) is 44.6. The Labute approximate surface area is 894 Å². The minimum atomic E-state index is -0.139. The molecule has 0 saturated heterocycles. The molecule has 0 aromatic carbocycles. The molecule has 0 radical (unpaired) electrons.